The summed E-state index contributed by atoms with van der Waals surface area (Å²) in [6.45, 7) is 2.51. The predicted octanol–water partition coefficient (Wildman–Crippen LogP) is 1.99. The highest BCUT2D eigenvalue weighted by molar-refractivity contribution is 5.70. The van der Waals surface area contributed by atoms with Gasteiger partial charge in [-0.1, -0.05) is 17.7 Å². The molecule has 4 heteroatoms. The number of carboxylic acids is 1. The summed E-state index contributed by atoms with van der Waals surface area (Å²) in [5.41, 5.74) is 7.48. The lowest BCUT2D eigenvalue weighted by Crippen LogP contribution is -2.18. The Bertz CT molecular complexity index is 404. The van der Waals surface area contributed by atoms with Crippen LogP contribution in [0.25, 0.3) is 0 Å². The third kappa shape index (κ3) is 4.04. The zero-order valence-electron chi connectivity index (χ0n) is 11.0. The molecule has 1 atom stereocenters. The van der Waals surface area contributed by atoms with E-state index < -0.39 is 11.9 Å². The van der Waals surface area contributed by atoms with Crippen LogP contribution in [0.2, 0.25) is 0 Å². The van der Waals surface area contributed by atoms with E-state index >= 15 is 0 Å². The van der Waals surface area contributed by atoms with Crippen LogP contribution in [-0.2, 0) is 11.2 Å². The smallest absolute Gasteiger partial charge is 0.306 e. The van der Waals surface area contributed by atoms with Crippen molar-refractivity contribution < 1.29 is 14.6 Å². The SMILES string of the molecule is COc1ccc(C)cc1CC(CCCN)C(=O)O. The van der Waals surface area contributed by atoms with E-state index in [1.165, 1.54) is 0 Å². The Balaban J connectivity index is 2.85. The highest BCUT2D eigenvalue weighted by atomic mass is 16.5. The maximum absolute atomic E-state index is 11.2. The number of benzene rings is 1. The number of carbonyl (C=O) groups is 1. The number of ether oxygens (including phenoxy) is 1. The normalized spacial score (nSPS) is 12.2. The van der Waals surface area contributed by atoms with Crippen LogP contribution in [-0.4, -0.2) is 24.7 Å². The van der Waals surface area contributed by atoms with Crippen molar-refractivity contribution in [2.45, 2.75) is 26.2 Å². The molecule has 3 N–H and O–H groups in total. The number of rotatable bonds is 7. The van der Waals surface area contributed by atoms with E-state index in [-0.39, 0.29) is 0 Å². The maximum atomic E-state index is 11.2. The van der Waals surface area contributed by atoms with Crippen LogP contribution < -0.4 is 10.5 Å². The van der Waals surface area contributed by atoms with E-state index in [2.05, 4.69) is 0 Å². The average Bonchev–Trinajstić information content (AvgIpc) is 2.34. The zero-order valence-corrected chi connectivity index (χ0v) is 11.0. The van der Waals surface area contributed by atoms with Crippen molar-refractivity contribution in [1.82, 2.24) is 0 Å². The largest absolute Gasteiger partial charge is 0.496 e. The summed E-state index contributed by atoms with van der Waals surface area (Å²) in [7, 11) is 1.60. The Morgan fingerprint density at radius 2 is 2.22 bits per heavy atom. The standard InChI is InChI=1S/C14H21NO3/c1-10-5-6-13(18-2)12(8-10)9-11(14(16)17)4-3-7-15/h5-6,8,11H,3-4,7,9,15H2,1-2H3,(H,16,17). The molecule has 0 aliphatic heterocycles. The molecule has 100 valence electrons. The lowest BCUT2D eigenvalue weighted by Gasteiger charge is -2.15. The minimum Gasteiger partial charge on any atom is -0.496 e. The number of carboxylic acid groups (broad SMARTS) is 1. The summed E-state index contributed by atoms with van der Waals surface area (Å²) >= 11 is 0. The fraction of sp³-hybridized carbons (Fsp3) is 0.500. The maximum Gasteiger partial charge on any atom is 0.306 e. The fourth-order valence-electron chi connectivity index (χ4n) is 2.01. The summed E-state index contributed by atoms with van der Waals surface area (Å²) in [6.07, 6.45) is 1.81. The summed E-state index contributed by atoms with van der Waals surface area (Å²) < 4.78 is 5.27. The molecule has 0 fully saturated rings. The van der Waals surface area contributed by atoms with Gasteiger partial charge in [-0.15, -0.1) is 0 Å². The Morgan fingerprint density at radius 3 is 2.78 bits per heavy atom. The van der Waals surface area contributed by atoms with Gasteiger partial charge in [-0.25, -0.2) is 0 Å². The Labute approximate surface area is 108 Å². The summed E-state index contributed by atoms with van der Waals surface area (Å²) in [5, 5.41) is 9.21. The summed E-state index contributed by atoms with van der Waals surface area (Å²) in [4.78, 5) is 11.2. The van der Waals surface area contributed by atoms with Crippen molar-refractivity contribution in [3.05, 3.63) is 29.3 Å². The van der Waals surface area contributed by atoms with Crippen molar-refractivity contribution in [3.8, 4) is 5.75 Å². The Morgan fingerprint density at radius 1 is 1.50 bits per heavy atom. The summed E-state index contributed by atoms with van der Waals surface area (Å²) in [6, 6.07) is 5.82. The van der Waals surface area contributed by atoms with E-state index in [4.69, 9.17) is 10.5 Å². The quantitative estimate of drug-likeness (QED) is 0.777. The molecule has 0 aromatic heterocycles. The number of nitrogens with two attached hydrogens (primary N) is 1. The third-order valence-electron chi connectivity index (χ3n) is 3.01. The van der Waals surface area contributed by atoms with Crippen LogP contribution in [0.15, 0.2) is 18.2 Å². The van der Waals surface area contributed by atoms with Gasteiger partial charge in [0.15, 0.2) is 0 Å². The van der Waals surface area contributed by atoms with Crippen LogP contribution >= 0.6 is 0 Å². The fourth-order valence-corrected chi connectivity index (χ4v) is 2.01. The number of hydrogen-bond acceptors (Lipinski definition) is 3. The highest BCUT2D eigenvalue weighted by Gasteiger charge is 2.19. The minimum atomic E-state index is -0.771. The number of aryl methyl sites for hydroxylation is 1. The van der Waals surface area contributed by atoms with Gasteiger partial charge >= 0.3 is 5.97 Å². The van der Waals surface area contributed by atoms with Gasteiger partial charge in [0.05, 0.1) is 13.0 Å². The van der Waals surface area contributed by atoms with Crippen LogP contribution in [0.5, 0.6) is 5.75 Å². The average molecular weight is 251 g/mol. The van der Waals surface area contributed by atoms with Crippen LogP contribution in [0.1, 0.15) is 24.0 Å². The molecule has 0 bridgehead atoms. The first kappa shape index (κ1) is 14.5. The monoisotopic (exact) mass is 251 g/mol. The van der Waals surface area contributed by atoms with Gasteiger partial charge < -0.3 is 15.6 Å². The van der Waals surface area contributed by atoms with Crippen LogP contribution in [0.4, 0.5) is 0 Å². The molecule has 0 spiro atoms. The molecule has 18 heavy (non-hydrogen) atoms. The van der Waals surface area contributed by atoms with Gasteiger partial charge in [0, 0.05) is 0 Å². The first-order valence-electron chi connectivity index (χ1n) is 6.15. The van der Waals surface area contributed by atoms with E-state index in [0.29, 0.717) is 19.4 Å². The molecule has 0 amide bonds. The molecular weight excluding hydrogens is 230 g/mol. The number of hydrogen-bond donors (Lipinski definition) is 2. The van der Waals surface area contributed by atoms with Gasteiger partial charge in [0.25, 0.3) is 0 Å². The van der Waals surface area contributed by atoms with Crippen molar-refractivity contribution in [3.63, 3.8) is 0 Å². The second-order valence-corrected chi connectivity index (χ2v) is 4.49. The van der Waals surface area contributed by atoms with E-state index in [1.807, 2.05) is 25.1 Å². The minimum absolute atomic E-state index is 0.399. The third-order valence-corrected chi connectivity index (χ3v) is 3.01. The molecule has 0 aliphatic rings. The van der Waals surface area contributed by atoms with E-state index in [0.717, 1.165) is 23.3 Å². The molecule has 0 saturated carbocycles. The molecule has 4 nitrogen and oxygen atoms in total. The topological polar surface area (TPSA) is 72.5 Å². The number of methoxy groups -OCH3 is 1. The van der Waals surface area contributed by atoms with Gasteiger partial charge in [-0.2, -0.15) is 0 Å². The van der Waals surface area contributed by atoms with Gasteiger partial charge in [0.1, 0.15) is 5.75 Å². The van der Waals surface area contributed by atoms with Crippen molar-refractivity contribution >= 4 is 5.97 Å². The van der Waals surface area contributed by atoms with E-state index in [9.17, 15) is 9.90 Å². The van der Waals surface area contributed by atoms with Gasteiger partial charge in [-0.3, -0.25) is 4.79 Å². The lowest BCUT2D eigenvalue weighted by atomic mass is 9.93. The molecule has 1 aromatic carbocycles. The van der Waals surface area contributed by atoms with Gasteiger partial charge in [-0.05, 0) is 44.4 Å². The number of aliphatic carboxylic acids is 1. The first-order valence-corrected chi connectivity index (χ1v) is 6.15. The predicted molar refractivity (Wildman–Crippen MR) is 70.8 cm³/mol. The molecule has 0 radical (unpaired) electrons. The zero-order chi connectivity index (χ0) is 13.5. The molecule has 0 saturated heterocycles. The second-order valence-electron chi connectivity index (χ2n) is 4.49. The summed E-state index contributed by atoms with van der Waals surface area (Å²) in [5.74, 6) is -0.421. The Hall–Kier alpha value is -1.55. The highest BCUT2D eigenvalue weighted by Crippen LogP contribution is 2.24. The van der Waals surface area contributed by atoms with Crippen molar-refractivity contribution in [2.75, 3.05) is 13.7 Å². The van der Waals surface area contributed by atoms with Crippen LogP contribution in [0.3, 0.4) is 0 Å². The first-order chi connectivity index (χ1) is 8.58. The molecule has 1 aromatic rings. The second kappa shape index (κ2) is 7.01. The van der Waals surface area contributed by atoms with E-state index in [1.54, 1.807) is 7.11 Å². The molecular formula is C14H21NO3. The van der Waals surface area contributed by atoms with Crippen molar-refractivity contribution in [1.29, 1.82) is 0 Å². The van der Waals surface area contributed by atoms with Gasteiger partial charge in [0.2, 0.25) is 0 Å². The lowest BCUT2D eigenvalue weighted by molar-refractivity contribution is -0.141. The molecule has 0 aliphatic carbocycles. The molecule has 0 heterocycles. The van der Waals surface area contributed by atoms with Crippen LogP contribution in [0, 0.1) is 12.8 Å². The molecule has 1 unspecified atom stereocenters. The Kier molecular flexibility index (Phi) is 5.65. The molecule has 1 rings (SSSR count). The van der Waals surface area contributed by atoms with Crippen molar-refractivity contribution in [2.24, 2.45) is 11.7 Å².